The van der Waals surface area contributed by atoms with E-state index in [1.165, 1.54) is 18.2 Å². The average molecular weight is 300 g/mol. The molecule has 0 amide bonds. The first kappa shape index (κ1) is 14.6. The lowest BCUT2D eigenvalue weighted by Crippen LogP contribution is -2.08. The summed E-state index contributed by atoms with van der Waals surface area (Å²) in [6.07, 6.45) is 0. The number of rotatable bonds is 4. The summed E-state index contributed by atoms with van der Waals surface area (Å²) in [6.45, 7) is 0. The van der Waals surface area contributed by atoms with Crippen LogP contribution in [0, 0.1) is 23.3 Å². The predicted molar refractivity (Wildman–Crippen MR) is 67.8 cm³/mol. The van der Waals surface area contributed by atoms with Crippen LogP contribution in [0.5, 0.6) is 0 Å². The number of Topliss-reactive ketones (excluding diaryl/α,β-unsaturated/α-hetero) is 1. The van der Waals surface area contributed by atoms with Crippen molar-refractivity contribution in [3.8, 4) is 0 Å². The number of hydrogen-bond donors (Lipinski definition) is 0. The van der Waals surface area contributed by atoms with Gasteiger partial charge in [-0.3, -0.25) is 4.79 Å². The fraction of sp³-hybridized carbons (Fsp3) is 0.0714. The molecule has 0 spiro atoms. The molecule has 0 heterocycles. The van der Waals surface area contributed by atoms with Gasteiger partial charge < -0.3 is 0 Å². The third-order valence-corrected chi connectivity index (χ3v) is 3.50. The summed E-state index contributed by atoms with van der Waals surface area (Å²) in [4.78, 5) is 12.2. The van der Waals surface area contributed by atoms with Crippen LogP contribution >= 0.6 is 11.8 Å². The molecule has 0 aliphatic rings. The zero-order valence-electron chi connectivity index (χ0n) is 10.00. The van der Waals surface area contributed by atoms with Crippen LogP contribution in [0.3, 0.4) is 0 Å². The Hall–Kier alpha value is -1.82. The van der Waals surface area contributed by atoms with Crippen molar-refractivity contribution in [1.29, 1.82) is 0 Å². The number of benzene rings is 2. The second-order valence-electron chi connectivity index (χ2n) is 3.89. The average Bonchev–Trinajstić information content (AvgIpc) is 2.42. The smallest absolute Gasteiger partial charge is 0.195 e. The summed E-state index contributed by atoms with van der Waals surface area (Å²) < 4.78 is 52.1. The molecule has 20 heavy (non-hydrogen) atoms. The molecule has 0 aliphatic carbocycles. The van der Waals surface area contributed by atoms with Gasteiger partial charge in [-0.15, -0.1) is 11.8 Å². The minimum atomic E-state index is -1.67. The fourth-order valence-corrected chi connectivity index (χ4v) is 2.35. The molecule has 0 aliphatic heterocycles. The highest BCUT2D eigenvalue weighted by atomic mass is 32.2. The topological polar surface area (TPSA) is 17.1 Å². The van der Waals surface area contributed by atoms with Gasteiger partial charge in [0.2, 0.25) is 0 Å². The van der Waals surface area contributed by atoms with E-state index < -0.39 is 34.6 Å². The Balaban J connectivity index is 2.11. The van der Waals surface area contributed by atoms with Crippen LogP contribution < -0.4 is 0 Å². The Labute approximate surface area is 116 Å². The highest BCUT2D eigenvalue weighted by Crippen LogP contribution is 2.22. The van der Waals surface area contributed by atoms with Crippen molar-refractivity contribution in [2.24, 2.45) is 0 Å². The summed E-state index contributed by atoms with van der Waals surface area (Å²) in [5, 5.41) is 0. The van der Waals surface area contributed by atoms with E-state index in [0.717, 1.165) is 17.8 Å². The predicted octanol–water partition coefficient (Wildman–Crippen LogP) is 4.22. The van der Waals surface area contributed by atoms with Crippen molar-refractivity contribution < 1.29 is 22.4 Å². The summed E-state index contributed by atoms with van der Waals surface area (Å²) in [5.74, 6) is -5.89. The van der Waals surface area contributed by atoms with Gasteiger partial charge in [0.1, 0.15) is 5.82 Å². The summed E-state index contributed by atoms with van der Waals surface area (Å²) in [7, 11) is 0. The number of halogens is 4. The van der Waals surface area contributed by atoms with Gasteiger partial charge in [0.15, 0.2) is 23.2 Å². The molecule has 0 unspecified atom stereocenters. The number of ketones is 1. The van der Waals surface area contributed by atoms with Crippen LogP contribution in [0.15, 0.2) is 41.3 Å². The van der Waals surface area contributed by atoms with Gasteiger partial charge in [0.05, 0.1) is 11.3 Å². The summed E-state index contributed by atoms with van der Waals surface area (Å²) in [6, 6.07) is 7.12. The molecule has 2 aromatic carbocycles. The van der Waals surface area contributed by atoms with Crippen molar-refractivity contribution in [3.05, 3.63) is 65.2 Å². The van der Waals surface area contributed by atoms with E-state index in [9.17, 15) is 22.4 Å². The molecule has 0 bridgehead atoms. The van der Waals surface area contributed by atoms with Gasteiger partial charge in [-0.05, 0) is 30.3 Å². The van der Waals surface area contributed by atoms with Gasteiger partial charge >= 0.3 is 0 Å². The van der Waals surface area contributed by atoms with Crippen molar-refractivity contribution in [3.63, 3.8) is 0 Å². The molecule has 0 fully saturated rings. The maximum atomic E-state index is 13.4. The molecule has 0 saturated heterocycles. The zero-order valence-corrected chi connectivity index (χ0v) is 10.8. The molecule has 2 aromatic rings. The minimum Gasteiger partial charge on any atom is -0.293 e. The Morgan fingerprint density at radius 2 is 1.75 bits per heavy atom. The van der Waals surface area contributed by atoms with Gasteiger partial charge in [0.25, 0.3) is 0 Å². The van der Waals surface area contributed by atoms with Crippen LogP contribution in [0.4, 0.5) is 17.6 Å². The van der Waals surface area contributed by atoms with Crippen LogP contribution in [0.2, 0.25) is 0 Å². The first-order valence-electron chi connectivity index (χ1n) is 5.54. The molecule has 0 saturated carbocycles. The Morgan fingerprint density at radius 1 is 1.00 bits per heavy atom. The number of carbonyl (C=O) groups is 1. The minimum absolute atomic E-state index is 0.203. The monoisotopic (exact) mass is 300 g/mol. The third-order valence-electron chi connectivity index (χ3n) is 2.50. The molecule has 0 N–H and O–H groups in total. The molecular weight excluding hydrogens is 292 g/mol. The van der Waals surface area contributed by atoms with Gasteiger partial charge in [-0.2, -0.15) is 0 Å². The second kappa shape index (κ2) is 6.09. The summed E-state index contributed by atoms with van der Waals surface area (Å²) >= 11 is 0.984. The highest BCUT2D eigenvalue weighted by molar-refractivity contribution is 8.00. The first-order chi connectivity index (χ1) is 9.49. The first-order valence-corrected chi connectivity index (χ1v) is 6.52. The van der Waals surface area contributed by atoms with E-state index in [4.69, 9.17) is 0 Å². The Kier molecular flexibility index (Phi) is 4.44. The maximum Gasteiger partial charge on any atom is 0.195 e. The molecule has 0 radical (unpaired) electrons. The normalized spacial score (nSPS) is 10.6. The molecule has 104 valence electrons. The lowest BCUT2D eigenvalue weighted by atomic mass is 10.1. The van der Waals surface area contributed by atoms with E-state index in [-0.39, 0.29) is 5.75 Å². The number of carbonyl (C=O) groups excluding carboxylic acids is 1. The van der Waals surface area contributed by atoms with Crippen molar-refractivity contribution in [1.82, 2.24) is 0 Å². The van der Waals surface area contributed by atoms with Crippen LogP contribution in [0.25, 0.3) is 0 Å². The Bertz CT molecular complexity index is 658. The van der Waals surface area contributed by atoms with Crippen LogP contribution in [-0.4, -0.2) is 11.5 Å². The standard InChI is InChI=1S/C14H8F4OS/c15-8-2-1-3-9(6-8)20-7-12(19)10-4-5-11(16)14(18)13(10)17/h1-6H,7H2. The lowest BCUT2D eigenvalue weighted by molar-refractivity contribution is 0.101. The van der Waals surface area contributed by atoms with E-state index >= 15 is 0 Å². The SMILES string of the molecule is O=C(CSc1cccc(F)c1)c1ccc(F)c(F)c1F. The highest BCUT2D eigenvalue weighted by Gasteiger charge is 2.18. The van der Waals surface area contributed by atoms with Gasteiger partial charge in [0, 0.05) is 4.90 Å². The van der Waals surface area contributed by atoms with Crippen LogP contribution in [-0.2, 0) is 0 Å². The molecule has 2 rings (SSSR count). The fourth-order valence-electron chi connectivity index (χ4n) is 1.52. The van der Waals surface area contributed by atoms with Gasteiger partial charge in [-0.25, -0.2) is 17.6 Å². The van der Waals surface area contributed by atoms with E-state index in [2.05, 4.69) is 0 Å². The number of hydrogen-bond acceptors (Lipinski definition) is 2. The van der Waals surface area contributed by atoms with Crippen molar-refractivity contribution in [2.75, 3.05) is 5.75 Å². The lowest BCUT2D eigenvalue weighted by Gasteiger charge is -2.04. The maximum absolute atomic E-state index is 13.4. The second-order valence-corrected chi connectivity index (χ2v) is 4.94. The quantitative estimate of drug-likeness (QED) is 0.364. The largest absolute Gasteiger partial charge is 0.293 e. The molecule has 6 heteroatoms. The molecule has 0 aromatic heterocycles. The molecule has 0 atom stereocenters. The zero-order chi connectivity index (χ0) is 14.7. The van der Waals surface area contributed by atoms with Crippen molar-refractivity contribution >= 4 is 17.5 Å². The Morgan fingerprint density at radius 3 is 2.45 bits per heavy atom. The molecular formula is C14H8F4OS. The third kappa shape index (κ3) is 3.19. The van der Waals surface area contributed by atoms with E-state index in [1.807, 2.05) is 0 Å². The van der Waals surface area contributed by atoms with Gasteiger partial charge in [-0.1, -0.05) is 6.07 Å². The van der Waals surface area contributed by atoms with E-state index in [0.29, 0.717) is 11.0 Å². The van der Waals surface area contributed by atoms with Crippen LogP contribution in [0.1, 0.15) is 10.4 Å². The number of thioether (sulfide) groups is 1. The van der Waals surface area contributed by atoms with E-state index in [1.54, 1.807) is 6.07 Å². The summed E-state index contributed by atoms with van der Waals surface area (Å²) in [5.41, 5.74) is -0.521. The molecule has 1 nitrogen and oxygen atoms in total. The van der Waals surface area contributed by atoms with Crippen molar-refractivity contribution in [2.45, 2.75) is 4.90 Å².